The molecule has 0 fully saturated rings. The lowest BCUT2D eigenvalue weighted by atomic mass is 10.3. The molecule has 130 valence electrons. The highest BCUT2D eigenvalue weighted by atomic mass is 35.5. The minimum atomic E-state index is -0.965. The Labute approximate surface area is 156 Å². The molecular weight excluding hydrogens is 387 g/mol. The first kappa shape index (κ1) is 17.7. The summed E-state index contributed by atoms with van der Waals surface area (Å²) in [4.78, 5) is 26.7. The normalized spacial score (nSPS) is 11.0. The Balaban J connectivity index is 1.85. The van der Waals surface area contributed by atoms with Crippen LogP contribution in [0.2, 0.25) is 10.0 Å². The maximum Gasteiger partial charge on any atom is 0.308 e. The number of benzene rings is 1. The lowest BCUT2D eigenvalue weighted by Gasteiger charge is -2.09. The first-order valence-corrected chi connectivity index (χ1v) is 8.79. The van der Waals surface area contributed by atoms with E-state index >= 15 is 0 Å². The molecule has 1 aromatic carbocycles. The number of carboxylic acid groups (broad SMARTS) is 1. The van der Waals surface area contributed by atoms with Crippen molar-refractivity contribution >= 4 is 50.7 Å². The summed E-state index contributed by atoms with van der Waals surface area (Å²) in [6, 6.07) is 6.75. The van der Waals surface area contributed by atoms with E-state index in [0.29, 0.717) is 31.7 Å². The number of hydrogen-bond acceptors (Lipinski definition) is 5. The van der Waals surface area contributed by atoms with Gasteiger partial charge in [-0.05, 0) is 18.2 Å². The fourth-order valence-corrected chi connectivity index (χ4v) is 3.49. The van der Waals surface area contributed by atoms with Crippen molar-refractivity contribution in [2.75, 3.05) is 0 Å². The molecular formula is C16H12Cl2N2O4S. The third-order valence-electron chi connectivity index (χ3n) is 3.44. The molecule has 0 aliphatic heterocycles. The van der Waals surface area contributed by atoms with Gasteiger partial charge in [0.15, 0.2) is 0 Å². The molecule has 0 unspecified atom stereocenters. The molecule has 0 atom stereocenters. The van der Waals surface area contributed by atoms with E-state index in [4.69, 9.17) is 33.0 Å². The Morgan fingerprint density at radius 3 is 2.80 bits per heavy atom. The highest BCUT2D eigenvalue weighted by Gasteiger charge is 2.13. The first-order valence-electron chi connectivity index (χ1n) is 7.22. The molecule has 0 saturated heterocycles. The zero-order valence-electron chi connectivity index (χ0n) is 12.7. The number of aryl methyl sites for hydroxylation is 1. The van der Waals surface area contributed by atoms with Crippen molar-refractivity contribution in [2.24, 2.45) is 0 Å². The van der Waals surface area contributed by atoms with Crippen molar-refractivity contribution in [1.82, 2.24) is 9.55 Å². The fraction of sp³-hybridized carbons (Fsp3) is 0.188. The number of ether oxygens (including phenoxy) is 1. The number of pyridine rings is 1. The third-order valence-corrected chi connectivity index (χ3v) is 4.90. The topological polar surface area (TPSA) is 81.4 Å². The van der Waals surface area contributed by atoms with Crippen molar-refractivity contribution < 1.29 is 14.6 Å². The molecule has 9 heteroatoms. The van der Waals surface area contributed by atoms with Crippen LogP contribution in [0, 0.1) is 0 Å². The molecule has 2 aromatic heterocycles. The van der Waals surface area contributed by atoms with Crippen molar-refractivity contribution in [3.63, 3.8) is 0 Å². The quantitative estimate of drug-likeness (QED) is 0.682. The zero-order chi connectivity index (χ0) is 18.0. The molecule has 0 bridgehead atoms. The second-order valence-electron chi connectivity index (χ2n) is 5.17. The van der Waals surface area contributed by atoms with Crippen LogP contribution in [0.4, 0.5) is 0 Å². The van der Waals surface area contributed by atoms with Crippen LogP contribution in [0.1, 0.15) is 12.1 Å². The van der Waals surface area contributed by atoms with Gasteiger partial charge >= 0.3 is 10.8 Å². The SMILES string of the molecule is O=C(O)CCn1c(=O)sc2cc(OCc3ccc(Cl)cn3)c(Cl)cc21. The van der Waals surface area contributed by atoms with Crippen molar-refractivity contribution in [2.45, 2.75) is 19.6 Å². The van der Waals surface area contributed by atoms with Crippen molar-refractivity contribution in [3.8, 4) is 5.75 Å². The molecule has 3 aromatic rings. The number of rotatable bonds is 6. The summed E-state index contributed by atoms with van der Waals surface area (Å²) in [5.41, 5.74) is 1.28. The van der Waals surface area contributed by atoms with Gasteiger partial charge in [-0.2, -0.15) is 0 Å². The number of aliphatic carboxylic acids is 1. The predicted molar refractivity (Wildman–Crippen MR) is 96.9 cm³/mol. The molecule has 6 nitrogen and oxygen atoms in total. The second kappa shape index (κ2) is 7.43. The molecule has 2 heterocycles. The number of thiazole rings is 1. The summed E-state index contributed by atoms with van der Waals surface area (Å²) < 4.78 is 7.77. The van der Waals surface area contributed by atoms with Gasteiger partial charge < -0.3 is 9.84 Å². The van der Waals surface area contributed by atoms with Gasteiger partial charge in [-0.1, -0.05) is 34.5 Å². The summed E-state index contributed by atoms with van der Waals surface area (Å²) in [5.74, 6) is -0.537. The van der Waals surface area contributed by atoms with Gasteiger partial charge in [-0.15, -0.1) is 0 Å². The van der Waals surface area contributed by atoms with Gasteiger partial charge in [-0.25, -0.2) is 0 Å². The van der Waals surface area contributed by atoms with Crippen LogP contribution in [0.15, 0.2) is 35.3 Å². The molecule has 0 aliphatic carbocycles. The van der Waals surface area contributed by atoms with Crippen LogP contribution in [-0.4, -0.2) is 20.6 Å². The second-order valence-corrected chi connectivity index (χ2v) is 7.01. The van der Waals surface area contributed by atoms with E-state index in [1.165, 1.54) is 10.8 Å². The molecule has 0 radical (unpaired) electrons. The number of hydrogen-bond donors (Lipinski definition) is 1. The van der Waals surface area contributed by atoms with Crippen LogP contribution in [0.5, 0.6) is 5.75 Å². The van der Waals surface area contributed by atoms with E-state index in [1.54, 1.807) is 24.3 Å². The maximum absolute atomic E-state index is 12.1. The lowest BCUT2D eigenvalue weighted by Crippen LogP contribution is -2.15. The van der Waals surface area contributed by atoms with Gasteiger partial charge in [0, 0.05) is 18.8 Å². The molecule has 0 spiro atoms. The summed E-state index contributed by atoms with van der Waals surface area (Å²) >= 11 is 13.1. The van der Waals surface area contributed by atoms with Gasteiger partial charge in [-0.3, -0.25) is 19.1 Å². The Hall–Kier alpha value is -2.09. The number of nitrogens with zero attached hydrogens (tertiary/aromatic N) is 2. The van der Waals surface area contributed by atoms with E-state index in [2.05, 4.69) is 4.98 Å². The summed E-state index contributed by atoms with van der Waals surface area (Å²) in [7, 11) is 0. The number of fused-ring (bicyclic) bond motifs is 1. The van der Waals surface area contributed by atoms with Gasteiger partial charge in [0.2, 0.25) is 0 Å². The first-order chi connectivity index (χ1) is 11.9. The van der Waals surface area contributed by atoms with E-state index < -0.39 is 5.97 Å². The van der Waals surface area contributed by atoms with Gasteiger partial charge in [0.25, 0.3) is 0 Å². The molecule has 3 rings (SSSR count). The molecule has 0 saturated carbocycles. The largest absolute Gasteiger partial charge is 0.486 e. The highest BCUT2D eigenvalue weighted by Crippen LogP contribution is 2.32. The molecule has 0 aliphatic rings. The van der Waals surface area contributed by atoms with Crippen LogP contribution in [-0.2, 0) is 17.9 Å². The molecule has 0 amide bonds. The van der Waals surface area contributed by atoms with Crippen molar-refractivity contribution in [1.29, 1.82) is 0 Å². The average Bonchev–Trinajstić information content (AvgIpc) is 2.86. The Bertz CT molecular complexity index is 982. The Morgan fingerprint density at radius 1 is 1.32 bits per heavy atom. The number of halogens is 2. The summed E-state index contributed by atoms with van der Waals surface area (Å²) in [6.45, 7) is 0.302. The van der Waals surface area contributed by atoms with Crippen molar-refractivity contribution in [3.05, 3.63) is 55.9 Å². The van der Waals surface area contributed by atoms with E-state index in [0.717, 1.165) is 11.3 Å². The Morgan fingerprint density at radius 2 is 2.12 bits per heavy atom. The van der Waals surface area contributed by atoms with E-state index in [-0.39, 0.29) is 24.4 Å². The molecule has 1 N–H and O–H groups in total. The fourth-order valence-electron chi connectivity index (χ4n) is 2.24. The summed E-state index contributed by atoms with van der Waals surface area (Å²) in [5, 5.41) is 9.67. The molecule has 25 heavy (non-hydrogen) atoms. The maximum atomic E-state index is 12.1. The standard InChI is InChI=1S/C16H12Cl2N2O4S/c17-9-1-2-10(19-7-9)8-24-13-6-14-12(5-11(13)18)20(16(23)25-14)4-3-15(21)22/h1-2,5-7H,3-4,8H2,(H,21,22). The van der Waals surface area contributed by atoms with Crippen LogP contribution in [0.25, 0.3) is 10.2 Å². The van der Waals surface area contributed by atoms with Crippen LogP contribution in [0.3, 0.4) is 0 Å². The van der Waals surface area contributed by atoms with Gasteiger partial charge in [0.1, 0.15) is 12.4 Å². The van der Waals surface area contributed by atoms with Gasteiger partial charge in [0.05, 0.1) is 32.4 Å². The summed E-state index contributed by atoms with van der Waals surface area (Å²) in [6.07, 6.45) is 1.39. The minimum Gasteiger partial charge on any atom is -0.486 e. The van der Waals surface area contributed by atoms with Crippen LogP contribution < -0.4 is 9.61 Å². The van der Waals surface area contributed by atoms with E-state index in [1.807, 2.05) is 0 Å². The Kier molecular flexibility index (Phi) is 5.27. The third kappa shape index (κ3) is 4.12. The lowest BCUT2D eigenvalue weighted by molar-refractivity contribution is -0.137. The monoisotopic (exact) mass is 398 g/mol. The zero-order valence-corrected chi connectivity index (χ0v) is 15.1. The van der Waals surface area contributed by atoms with Crippen LogP contribution >= 0.6 is 34.5 Å². The minimum absolute atomic E-state index is 0.0966. The highest BCUT2D eigenvalue weighted by molar-refractivity contribution is 7.16. The number of carboxylic acids is 1. The predicted octanol–water partition coefficient (Wildman–Crippen LogP) is 3.82. The number of aromatic nitrogens is 2. The smallest absolute Gasteiger partial charge is 0.308 e. The number of carbonyl (C=O) groups is 1. The average molecular weight is 399 g/mol. The van der Waals surface area contributed by atoms with E-state index in [9.17, 15) is 9.59 Å².